The van der Waals surface area contributed by atoms with E-state index < -0.39 is 0 Å². The van der Waals surface area contributed by atoms with Gasteiger partial charge < -0.3 is 9.47 Å². The van der Waals surface area contributed by atoms with Crippen LogP contribution in [0.3, 0.4) is 0 Å². The second-order valence-electron chi connectivity index (χ2n) is 3.88. The lowest BCUT2D eigenvalue weighted by atomic mass is 10.2. The zero-order chi connectivity index (χ0) is 12.1. The van der Waals surface area contributed by atoms with Crippen LogP contribution in [0.1, 0.15) is 11.1 Å². The van der Waals surface area contributed by atoms with Crippen molar-refractivity contribution in [1.29, 1.82) is 0 Å². The van der Waals surface area contributed by atoms with Gasteiger partial charge in [0, 0.05) is 0 Å². The Balaban J connectivity index is 2.14. The molecule has 0 aliphatic carbocycles. The van der Waals surface area contributed by atoms with Gasteiger partial charge in [0.15, 0.2) is 11.5 Å². The quantitative estimate of drug-likeness (QED) is 0.796. The molecule has 2 aromatic rings. The molecule has 2 heteroatoms. The van der Waals surface area contributed by atoms with Crippen LogP contribution < -0.4 is 9.47 Å². The molecule has 0 saturated carbocycles. The van der Waals surface area contributed by atoms with E-state index >= 15 is 0 Å². The molecule has 0 unspecified atom stereocenters. The molecular formula is C15H16O2. The van der Waals surface area contributed by atoms with E-state index in [0.29, 0.717) is 6.61 Å². The fraction of sp³-hybridized carbons (Fsp3) is 0.200. The minimum Gasteiger partial charge on any atom is -0.493 e. The summed E-state index contributed by atoms with van der Waals surface area (Å²) in [7, 11) is 1.66. The van der Waals surface area contributed by atoms with Gasteiger partial charge in [-0.25, -0.2) is 0 Å². The lowest BCUT2D eigenvalue weighted by molar-refractivity contribution is 0.282. The summed E-state index contributed by atoms with van der Waals surface area (Å²) < 4.78 is 11.1. The summed E-state index contributed by atoms with van der Waals surface area (Å²) in [6.07, 6.45) is 0. The minimum atomic E-state index is 0.558. The molecule has 0 spiro atoms. The van der Waals surface area contributed by atoms with Crippen molar-refractivity contribution in [2.45, 2.75) is 13.5 Å². The summed E-state index contributed by atoms with van der Waals surface area (Å²) in [5.74, 6) is 1.60. The largest absolute Gasteiger partial charge is 0.493 e. The van der Waals surface area contributed by atoms with E-state index in [2.05, 4.69) is 0 Å². The highest BCUT2D eigenvalue weighted by Crippen LogP contribution is 2.30. The lowest BCUT2D eigenvalue weighted by Gasteiger charge is -2.12. The predicted molar refractivity (Wildman–Crippen MR) is 68.5 cm³/mol. The van der Waals surface area contributed by atoms with Crippen molar-refractivity contribution < 1.29 is 9.47 Å². The Morgan fingerprint density at radius 1 is 0.941 bits per heavy atom. The van der Waals surface area contributed by atoms with E-state index in [-0.39, 0.29) is 0 Å². The summed E-state index contributed by atoms with van der Waals surface area (Å²) in [6.45, 7) is 2.57. The van der Waals surface area contributed by atoms with Crippen LogP contribution in [0.4, 0.5) is 0 Å². The first-order chi connectivity index (χ1) is 8.31. The molecule has 0 atom stereocenters. The SMILES string of the molecule is COc1cccc(C)c1OCc1ccccc1. The van der Waals surface area contributed by atoms with Crippen molar-refractivity contribution in [2.75, 3.05) is 7.11 Å². The first-order valence-corrected chi connectivity index (χ1v) is 5.61. The van der Waals surface area contributed by atoms with Gasteiger partial charge in [0.2, 0.25) is 0 Å². The van der Waals surface area contributed by atoms with Crippen LogP contribution in [0.25, 0.3) is 0 Å². The molecule has 0 aromatic heterocycles. The van der Waals surface area contributed by atoms with Crippen LogP contribution >= 0.6 is 0 Å². The Hall–Kier alpha value is -1.96. The molecule has 0 bridgehead atoms. The first-order valence-electron chi connectivity index (χ1n) is 5.61. The van der Waals surface area contributed by atoms with Crippen molar-refractivity contribution in [2.24, 2.45) is 0 Å². The van der Waals surface area contributed by atoms with E-state index in [1.54, 1.807) is 7.11 Å². The maximum Gasteiger partial charge on any atom is 0.164 e. The highest BCUT2D eigenvalue weighted by Gasteiger charge is 2.06. The molecule has 2 rings (SSSR count). The van der Waals surface area contributed by atoms with Crippen molar-refractivity contribution >= 4 is 0 Å². The zero-order valence-corrected chi connectivity index (χ0v) is 10.1. The molecule has 0 heterocycles. The molecule has 0 saturated heterocycles. The van der Waals surface area contributed by atoms with Gasteiger partial charge in [-0.05, 0) is 24.1 Å². The Morgan fingerprint density at radius 3 is 2.41 bits per heavy atom. The van der Waals surface area contributed by atoms with Gasteiger partial charge in [0.1, 0.15) is 6.61 Å². The normalized spacial score (nSPS) is 10.0. The Labute approximate surface area is 102 Å². The van der Waals surface area contributed by atoms with Crippen molar-refractivity contribution in [3.05, 3.63) is 59.7 Å². The standard InChI is InChI=1S/C15H16O2/c1-12-7-6-10-14(16-2)15(12)17-11-13-8-4-3-5-9-13/h3-10H,11H2,1-2H3. The van der Waals surface area contributed by atoms with E-state index in [9.17, 15) is 0 Å². The number of para-hydroxylation sites is 1. The average Bonchev–Trinajstić information content (AvgIpc) is 2.38. The molecule has 17 heavy (non-hydrogen) atoms. The molecule has 0 fully saturated rings. The van der Waals surface area contributed by atoms with Gasteiger partial charge in [-0.3, -0.25) is 0 Å². The Kier molecular flexibility index (Phi) is 3.66. The molecule has 2 aromatic carbocycles. The van der Waals surface area contributed by atoms with Gasteiger partial charge in [0.25, 0.3) is 0 Å². The minimum absolute atomic E-state index is 0.558. The monoisotopic (exact) mass is 228 g/mol. The van der Waals surface area contributed by atoms with E-state index in [1.165, 1.54) is 0 Å². The summed E-state index contributed by atoms with van der Waals surface area (Å²) in [4.78, 5) is 0. The van der Waals surface area contributed by atoms with Crippen LogP contribution in [0.2, 0.25) is 0 Å². The third-order valence-corrected chi connectivity index (χ3v) is 2.62. The maximum absolute atomic E-state index is 5.82. The number of aryl methyl sites for hydroxylation is 1. The summed E-state index contributed by atoms with van der Waals surface area (Å²) in [6, 6.07) is 16.0. The predicted octanol–water partition coefficient (Wildman–Crippen LogP) is 3.58. The van der Waals surface area contributed by atoms with Crippen LogP contribution in [-0.2, 0) is 6.61 Å². The lowest BCUT2D eigenvalue weighted by Crippen LogP contribution is -1.99. The zero-order valence-electron chi connectivity index (χ0n) is 10.1. The van der Waals surface area contributed by atoms with Gasteiger partial charge in [-0.2, -0.15) is 0 Å². The molecule has 88 valence electrons. The fourth-order valence-corrected chi connectivity index (χ4v) is 1.70. The smallest absolute Gasteiger partial charge is 0.164 e. The molecule has 0 aliphatic rings. The Bertz CT molecular complexity index is 478. The van der Waals surface area contributed by atoms with Crippen molar-refractivity contribution in [3.63, 3.8) is 0 Å². The number of benzene rings is 2. The third kappa shape index (κ3) is 2.78. The van der Waals surface area contributed by atoms with Crippen LogP contribution in [0.5, 0.6) is 11.5 Å². The van der Waals surface area contributed by atoms with E-state index in [0.717, 1.165) is 22.6 Å². The molecule has 2 nitrogen and oxygen atoms in total. The topological polar surface area (TPSA) is 18.5 Å². The third-order valence-electron chi connectivity index (χ3n) is 2.62. The molecular weight excluding hydrogens is 212 g/mol. The van der Waals surface area contributed by atoms with Gasteiger partial charge >= 0.3 is 0 Å². The summed E-state index contributed by atoms with van der Waals surface area (Å²) >= 11 is 0. The molecule has 0 radical (unpaired) electrons. The highest BCUT2D eigenvalue weighted by atomic mass is 16.5. The van der Waals surface area contributed by atoms with Crippen molar-refractivity contribution in [3.8, 4) is 11.5 Å². The van der Waals surface area contributed by atoms with Crippen LogP contribution in [0, 0.1) is 6.92 Å². The van der Waals surface area contributed by atoms with Crippen LogP contribution in [-0.4, -0.2) is 7.11 Å². The van der Waals surface area contributed by atoms with Gasteiger partial charge in [0.05, 0.1) is 7.11 Å². The number of ether oxygens (including phenoxy) is 2. The van der Waals surface area contributed by atoms with Crippen LogP contribution in [0.15, 0.2) is 48.5 Å². The molecule has 0 aliphatic heterocycles. The second kappa shape index (κ2) is 5.39. The molecule has 0 N–H and O–H groups in total. The Morgan fingerprint density at radius 2 is 1.71 bits per heavy atom. The summed E-state index contributed by atoms with van der Waals surface area (Å²) in [5, 5.41) is 0. The number of methoxy groups -OCH3 is 1. The first kappa shape index (κ1) is 11.5. The number of rotatable bonds is 4. The summed E-state index contributed by atoms with van der Waals surface area (Å²) in [5.41, 5.74) is 2.23. The maximum atomic E-state index is 5.82. The highest BCUT2D eigenvalue weighted by molar-refractivity contribution is 5.45. The van der Waals surface area contributed by atoms with Gasteiger partial charge in [-0.1, -0.05) is 42.5 Å². The second-order valence-corrected chi connectivity index (χ2v) is 3.88. The van der Waals surface area contributed by atoms with Gasteiger partial charge in [-0.15, -0.1) is 0 Å². The number of hydrogen-bond donors (Lipinski definition) is 0. The average molecular weight is 228 g/mol. The number of hydrogen-bond acceptors (Lipinski definition) is 2. The fourth-order valence-electron chi connectivity index (χ4n) is 1.70. The van der Waals surface area contributed by atoms with E-state index in [4.69, 9.17) is 9.47 Å². The van der Waals surface area contributed by atoms with E-state index in [1.807, 2.05) is 55.5 Å². The van der Waals surface area contributed by atoms with Crippen molar-refractivity contribution in [1.82, 2.24) is 0 Å². The molecule has 0 amide bonds.